The Morgan fingerprint density at radius 1 is 1.33 bits per heavy atom. The molecule has 0 bridgehead atoms. The maximum Gasteiger partial charge on any atom is 0.227 e. The molecule has 0 spiro atoms. The molecule has 0 saturated heterocycles. The first-order valence-corrected chi connectivity index (χ1v) is 6.79. The molecular formula is C15H22N2O. The lowest BCUT2D eigenvalue weighted by Gasteiger charge is -2.27. The summed E-state index contributed by atoms with van der Waals surface area (Å²) in [6, 6.07) is 8.61. The molecule has 2 rings (SSSR count). The summed E-state index contributed by atoms with van der Waals surface area (Å²) in [7, 11) is 0. The zero-order valence-electron chi connectivity index (χ0n) is 11.4. The summed E-state index contributed by atoms with van der Waals surface area (Å²) < 4.78 is 0. The molecule has 18 heavy (non-hydrogen) atoms. The maximum absolute atomic E-state index is 11.6. The quantitative estimate of drug-likeness (QED) is 0.864. The van der Waals surface area contributed by atoms with E-state index in [-0.39, 0.29) is 11.8 Å². The molecule has 1 aliphatic rings. The number of carbonyl (C=O) groups excluding carboxylic acids is 1. The van der Waals surface area contributed by atoms with Gasteiger partial charge in [-0.1, -0.05) is 0 Å². The van der Waals surface area contributed by atoms with Crippen LogP contribution in [0.2, 0.25) is 0 Å². The van der Waals surface area contributed by atoms with Crippen molar-refractivity contribution >= 4 is 17.3 Å². The summed E-state index contributed by atoms with van der Waals surface area (Å²) in [6.45, 7) is 7.52. The monoisotopic (exact) mass is 246 g/mol. The van der Waals surface area contributed by atoms with Crippen molar-refractivity contribution in [3.05, 3.63) is 24.3 Å². The topological polar surface area (TPSA) is 32.3 Å². The van der Waals surface area contributed by atoms with Gasteiger partial charge in [0.05, 0.1) is 0 Å². The van der Waals surface area contributed by atoms with Crippen LogP contribution in [-0.2, 0) is 4.79 Å². The van der Waals surface area contributed by atoms with Crippen LogP contribution in [0.25, 0.3) is 0 Å². The number of rotatable bonds is 5. The predicted octanol–water partition coefficient (Wildman–Crippen LogP) is 3.27. The smallest absolute Gasteiger partial charge is 0.227 e. The molecular weight excluding hydrogens is 224 g/mol. The van der Waals surface area contributed by atoms with Gasteiger partial charge in [0, 0.05) is 29.9 Å². The van der Waals surface area contributed by atoms with Crippen molar-refractivity contribution in [3.63, 3.8) is 0 Å². The SMILES string of the molecule is CCN(c1ccc(NC(=O)C2CC2)cc1)C(C)C. The van der Waals surface area contributed by atoms with Crippen LogP contribution in [0.3, 0.4) is 0 Å². The molecule has 0 aliphatic heterocycles. The Morgan fingerprint density at radius 3 is 2.39 bits per heavy atom. The van der Waals surface area contributed by atoms with Gasteiger partial charge < -0.3 is 10.2 Å². The Morgan fingerprint density at radius 2 is 1.94 bits per heavy atom. The van der Waals surface area contributed by atoms with E-state index in [2.05, 4.69) is 43.1 Å². The first-order chi connectivity index (χ1) is 8.61. The average molecular weight is 246 g/mol. The van der Waals surface area contributed by atoms with E-state index in [1.165, 1.54) is 5.69 Å². The molecule has 1 aromatic rings. The molecule has 1 amide bonds. The highest BCUT2D eigenvalue weighted by atomic mass is 16.2. The van der Waals surface area contributed by atoms with E-state index in [1.807, 2.05) is 12.1 Å². The number of carbonyl (C=O) groups is 1. The molecule has 0 radical (unpaired) electrons. The number of anilines is 2. The predicted molar refractivity (Wildman–Crippen MR) is 76.0 cm³/mol. The van der Waals surface area contributed by atoms with Gasteiger partial charge in [0.15, 0.2) is 0 Å². The minimum atomic E-state index is 0.166. The molecule has 1 saturated carbocycles. The first-order valence-electron chi connectivity index (χ1n) is 6.79. The highest BCUT2D eigenvalue weighted by molar-refractivity contribution is 5.94. The Bertz CT molecular complexity index is 407. The Hall–Kier alpha value is -1.51. The fraction of sp³-hybridized carbons (Fsp3) is 0.533. The van der Waals surface area contributed by atoms with Gasteiger partial charge in [-0.25, -0.2) is 0 Å². The number of nitrogens with zero attached hydrogens (tertiary/aromatic N) is 1. The van der Waals surface area contributed by atoms with E-state index in [0.717, 1.165) is 25.1 Å². The molecule has 1 aliphatic carbocycles. The summed E-state index contributed by atoms with van der Waals surface area (Å²) in [4.78, 5) is 14.0. The molecule has 3 nitrogen and oxygen atoms in total. The summed E-state index contributed by atoms with van der Waals surface area (Å²) in [5.74, 6) is 0.423. The van der Waals surface area contributed by atoms with Crippen molar-refractivity contribution < 1.29 is 4.79 Å². The van der Waals surface area contributed by atoms with Gasteiger partial charge in [-0.2, -0.15) is 0 Å². The Labute approximate surface area is 109 Å². The van der Waals surface area contributed by atoms with Crippen LogP contribution in [0.5, 0.6) is 0 Å². The van der Waals surface area contributed by atoms with Crippen LogP contribution in [0, 0.1) is 5.92 Å². The number of benzene rings is 1. The van der Waals surface area contributed by atoms with E-state index in [0.29, 0.717) is 6.04 Å². The summed E-state index contributed by atoms with van der Waals surface area (Å²) >= 11 is 0. The van der Waals surface area contributed by atoms with Crippen molar-refractivity contribution in [3.8, 4) is 0 Å². The molecule has 3 heteroatoms. The van der Waals surface area contributed by atoms with Crippen LogP contribution >= 0.6 is 0 Å². The fourth-order valence-corrected chi connectivity index (χ4v) is 2.17. The minimum Gasteiger partial charge on any atom is -0.369 e. The normalized spacial score (nSPS) is 14.7. The number of hydrogen-bond donors (Lipinski definition) is 1. The molecule has 0 unspecified atom stereocenters. The summed E-state index contributed by atoms with van der Waals surface area (Å²) in [6.07, 6.45) is 2.09. The van der Waals surface area contributed by atoms with E-state index in [9.17, 15) is 4.79 Å². The van der Waals surface area contributed by atoms with Crippen molar-refractivity contribution in [2.45, 2.75) is 39.7 Å². The minimum absolute atomic E-state index is 0.166. The van der Waals surface area contributed by atoms with Crippen molar-refractivity contribution in [2.24, 2.45) is 5.92 Å². The van der Waals surface area contributed by atoms with E-state index in [4.69, 9.17) is 0 Å². The fourth-order valence-electron chi connectivity index (χ4n) is 2.17. The standard InChI is InChI=1S/C15H22N2O/c1-4-17(11(2)3)14-9-7-13(8-10-14)16-15(18)12-5-6-12/h7-12H,4-6H2,1-3H3,(H,16,18). The van der Waals surface area contributed by atoms with Gasteiger partial charge in [-0.15, -0.1) is 0 Å². The van der Waals surface area contributed by atoms with Gasteiger partial charge in [-0.3, -0.25) is 4.79 Å². The molecule has 0 atom stereocenters. The van der Waals surface area contributed by atoms with Gasteiger partial charge >= 0.3 is 0 Å². The maximum atomic E-state index is 11.6. The zero-order chi connectivity index (χ0) is 13.1. The highest BCUT2D eigenvalue weighted by Gasteiger charge is 2.29. The Balaban J connectivity index is 2.02. The Kier molecular flexibility index (Phi) is 3.90. The lowest BCUT2D eigenvalue weighted by atomic mass is 10.2. The molecule has 0 heterocycles. The summed E-state index contributed by atoms with van der Waals surface area (Å²) in [5.41, 5.74) is 2.10. The molecule has 1 aromatic carbocycles. The third-order valence-electron chi connectivity index (χ3n) is 3.38. The van der Waals surface area contributed by atoms with Gasteiger partial charge in [0.2, 0.25) is 5.91 Å². The summed E-state index contributed by atoms with van der Waals surface area (Å²) in [5, 5.41) is 2.96. The van der Waals surface area contributed by atoms with Crippen molar-refractivity contribution in [2.75, 3.05) is 16.8 Å². The molecule has 1 fully saturated rings. The first kappa shape index (κ1) is 12.9. The van der Waals surface area contributed by atoms with Gasteiger partial charge in [0.1, 0.15) is 0 Å². The average Bonchev–Trinajstić information content (AvgIpc) is 3.15. The van der Waals surface area contributed by atoms with Crippen molar-refractivity contribution in [1.29, 1.82) is 0 Å². The van der Waals surface area contributed by atoms with Crippen LogP contribution in [0.15, 0.2) is 24.3 Å². The van der Waals surface area contributed by atoms with Gasteiger partial charge in [0.25, 0.3) is 0 Å². The van der Waals surface area contributed by atoms with Gasteiger partial charge in [-0.05, 0) is 57.9 Å². The van der Waals surface area contributed by atoms with E-state index in [1.54, 1.807) is 0 Å². The second-order valence-electron chi connectivity index (χ2n) is 5.19. The number of hydrogen-bond acceptors (Lipinski definition) is 2. The van der Waals surface area contributed by atoms with E-state index >= 15 is 0 Å². The lowest BCUT2D eigenvalue weighted by molar-refractivity contribution is -0.117. The third kappa shape index (κ3) is 3.03. The van der Waals surface area contributed by atoms with Crippen LogP contribution in [0.4, 0.5) is 11.4 Å². The van der Waals surface area contributed by atoms with Crippen LogP contribution < -0.4 is 10.2 Å². The third-order valence-corrected chi connectivity index (χ3v) is 3.38. The molecule has 0 aromatic heterocycles. The van der Waals surface area contributed by atoms with E-state index < -0.39 is 0 Å². The molecule has 98 valence electrons. The van der Waals surface area contributed by atoms with Crippen LogP contribution in [0.1, 0.15) is 33.6 Å². The second kappa shape index (κ2) is 5.42. The van der Waals surface area contributed by atoms with Crippen LogP contribution in [-0.4, -0.2) is 18.5 Å². The highest BCUT2D eigenvalue weighted by Crippen LogP contribution is 2.30. The zero-order valence-corrected chi connectivity index (χ0v) is 11.4. The molecule has 1 N–H and O–H groups in total. The lowest BCUT2D eigenvalue weighted by Crippen LogP contribution is -2.30. The number of amides is 1. The van der Waals surface area contributed by atoms with Crippen molar-refractivity contribution in [1.82, 2.24) is 0 Å². The number of nitrogens with one attached hydrogen (secondary N) is 1. The second-order valence-corrected chi connectivity index (χ2v) is 5.19. The largest absolute Gasteiger partial charge is 0.369 e.